The van der Waals surface area contributed by atoms with E-state index in [1.165, 1.54) is 0 Å². The van der Waals surface area contributed by atoms with E-state index in [-0.39, 0.29) is 0 Å². The van der Waals surface area contributed by atoms with Crippen LogP contribution in [0.3, 0.4) is 0 Å². The van der Waals surface area contributed by atoms with Crippen molar-refractivity contribution in [3.05, 3.63) is 47.7 Å². The van der Waals surface area contributed by atoms with Crippen LogP contribution in [0.4, 0.5) is 0 Å². The Morgan fingerprint density at radius 3 is 2.53 bits per heavy atom. The molecular formula is C22H26N2O7S. The number of hydrogen-bond acceptors (Lipinski definition) is 9. The van der Waals surface area contributed by atoms with E-state index in [0.717, 1.165) is 27.3 Å². The minimum Gasteiger partial charge on any atom is -0.497 e. The number of benzene rings is 2. The molecule has 5 unspecified atom stereocenters. The minimum absolute atomic E-state index is 0.420. The molecule has 5 atom stereocenters. The van der Waals surface area contributed by atoms with Crippen LogP contribution in [0.15, 0.2) is 41.3 Å². The number of aliphatic hydroxyl groups is 4. The second-order valence-electron chi connectivity index (χ2n) is 7.64. The zero-order chi connectivity index (χ0) is 22.8. The second-order valence-corrected chi connectivity index (χ2v) is 8.69. The van der Waals surface area contributed by atoms with Gasteiger partial charge in [-0.3, -0.25) is 5.10 Å². The van der Waals surface area contributed by atoms with Crippen LogP contribution < -0.4 is 9.47 Å². The van der Waals surface area contributed by atoms with E-state index in [2.05, 4.69) is 10.2 Å². The van der Waals surface area contributed by atoms with Gasteiger partial charge in [-0.2, -0.15) is 5.10 Å². The Kier molecular flexibility index (Phi) is 6.89. The van der Waals surface area contributed by atoms with E-state index in [9.17, 15) is 20.4 Å². The van der Waals surface area contributed by atoms with Crippen LogP contribution in [0.1, 0.15) is 11.3 Å². The molecule has 1 fully saturated rings. The van der Waals surface area contributed by atoms with Crippen molar-refractivity contribution >= 4 is 22.7 Å². The molecule has 1 aliphatic rings. The Hall–Kier alpha value is -2.34. The van der Waals surface area contributed by atoms with Gasteiger partial charge in [-0.1, -0.05) is 0 Å². The average molecular weight is 463 g/mol. The molecule has 2 aromatic carbocycles. The highest BCUT2D eigenvalue weighted by molar-refractivity contribution is 7.98. The maximum absolute atomic E-state index is 10.4. The van der Waals surface area contributed by atoms with Crippen molar-refractivity contribution in [2.45, 2.75) is 48.3 Å². The quantitative estimate of drug-likeness (QED) is 0.330. The van der Waals surface area contributed by atoms with Crippen molar-refractivity contribution in [2.24, 2.45) is 0 Å². The number of nitrogens with zero attached hydrogens (tertiary/aromatic N) is 1. The number of rotatable bonds is 7. The van der Waals surface area contributed by atoms with E-state index in [1.54, 1.807) is 24.9 Å². The molecule has 0 amide bonds. The lowest BCUT2D eigenvalue weighted by molar-refractivity contribution is -0.277. The molecule has 0 spiro atoms. The number of aliphatic hydroxyl groups excluding tert-OH is 4. The molecule has 1 aromatic heterocycles. The van der Waals surface area contributed by atoms with E-state index in [4.69, 9.17) is 14.2 Å². The van der Waals surface area contributed by atoms with Gasteiger partial charge in [0.1, 0.15) is 35.9 Å². The fraction of sp³-hybridized carbons (Fsp3) is 0.409. The first-order valence-electron chi connectivity index (χ1n) is 10.1. The molecule has 9 nitrogen and oxygen atoms in total. The molecule has 0 aliphatic carbocycles. The van der Waals surface area contributed by atoms with Gasteiger partial charge in [0, 0.05) is 10.6 Å². The van der Waals surface area contributed by atoms with Crippen molar-refractivity contribution < 1.29 is 34.6 Å². The summed E-state index contributed by atoms with van der Waals surface area (Å²) >= 11 is 1.61. The van der Waals surface area contributed by atoms with E-state index in [1.807, 2.05) is 37.3 Å². The topological polar surface area (TPSA) is 137 Å². The number of H-pyrrole nitrogens is 1. The van der Waals surface area contributed by atoms with Gasteiger partial charge < -0.3 is 34.6 Å². The van der Waals surface area contributed by atoms with Gasteiger partial charge >= 0.3 is 0 Å². The van der Waals surface area contributed by atoms with Crippen LogP contribution in [-0.2, 0) is 10.5 Å². The summed E-state index contributed by atoms with van der Waals surface area (Å²) in [6.45, 7) is 1.36. The zero-order valence-corrected chi connectivity index (χ0v) is 18.5. The number of fused-ring (bicyclic) bond motifs is 1. The maximum Gasteiger partial charge on any atom is 0.229 e. The van der Waals surface area contributed by atoms with Gasteiger partial charge in [-0.15, -0.1) is 11.8 Å². The molecule has 3 aromatic rings. The Morgan fingerprint density at radius 1 is 1.09 bits per heavy atom. The van der Waals surface area contributed by atoms with Gasteiger partial charge in [0.2, 0.25) is 6.29 Å². The molecular weight excluding hydrogens is 436 g/mol. The molecule has 2 heterocycles. The van der Waals surface area contributed by atoms with Crippen LogP contribution in [-0.4, -0.2) is 75.0 Å². The highest BCUT2D eigenvalue weighted by atomic mass is 32.2. The lowest BCUT2D eigenvalue weighted by Crippen LogP contribution is -2.60. The molecule has 1 aliphatic heterocycles. The summed E-state index contributed by atoms with van der Waals surface area (Å²) in [5.41, 5.74) is 2.40. The first-order valence-corrected chi connectivity index (χ1v) is 11.1. The van der Waals surface area contributed by atoms with Gasteiger partial charge in [0.05, 0.1) is 30.3 Å². The van der Waals surface area contributed by atoms with Crippen LogP contribution in [0, 0.1) is 6.92 Å². The Labute approximate surface area is 188 Å². The Morgan fingerprint density at radius 2 is 1.84 bits per heavy atom. The monoisotopic (exact) mass is 462 g/mol. The fourth-order valence-corrected chi connectivity index (χ4v) is 4.47. The van der Waals surface area contributed by atoms with Crippen molar-refractivity contribution in [3.63, 3.8) is 0 Å². The molecule has 0 radical (unpaired) electrons. The Bertz CT molecular complexity index is 1060. The predicted octanol–water partition coefficient (Wildman–Crippen LogP) is 1.35. The van der Waals surface area contributed by atoms with Crippen LogP contribution in [0.2, 0.25) is 0 Å². The number of aromatic amines is 1. The minimum atomic E-state index is -1.51. The highest BCUT2D eigenvalue weighted by Gasteiger charge is 2.44. The lowest BCUT2D eigenvalue weighted by atomic mass is 9.99. The smallest absolute Gasteiger partial charge is 0.229 e. The number of methoxy groups -OCH3 is 1. The normalized spacial score (nSPS) is 25.8. The van der Waals surface area contributed by atoms with Crippen LogP contribution in [0.5, 0.6) is 11.5 Å². The summed E-state index contributed by atoms with van der Waals surface area (Å²) < 4.78 is 16.7. The third-order valence-corrected chi connectivity index (χ3v) is 6.41. The maximum atomic E-state index is 10.4. The standard InChI is InChI=1S/C22H26N2O7S/c1-11-7-14-18(15(24-23-14)10-32-13-5-3-12(29-2)4-6-13)16(8-11)30-22-21(28)20(27)19(26)17(9-25)31-22/h3-8,17,19-22,25-28H,9-10H2,1-2H3,(H,23,24). The van der Waals surface area contributed by atoms with Crippen LogP contribution in [0.25, 0.3) is 10.9 Å². The molecule has 5 N–H and O–H groups in total. The Balaban J connectivity index is 1.59. The number of aryl methyl sites for hydroxylation is 1. The highest BCUT2D eigenvalue weighted by Crippen LogP contribution is 2.35. The molecule has 0 saturated carbocycles. The molecule has 32 heavy (non-hydrogen) atoms. The van der Waals surface area contributed by atoms with Gasteiger partial charge in [-0.25, -0.2) is 0 Å². The van der Waals surface area contributed by atoms with Crippen molar-refractivity contribution in [2.75, 3.05) is 13.7 Å². The summed E-state index contributed by atoms with van der Waals surface area (Å²) in [4.78, 5) is 1.05. The summed E-state index contributed by atoms with van der Waals surface area (Å²) in [6, 6.07) is 11.4. The van der Waals surface area contributed by atoms with Gasteiger partial charge in [-0.05, 0) is 48.9 Å². The van der Waals surface area contributed by atoms with Gasteiger partial charge in [0.25, 0.3) is 0 Å². The lowest BCUT2D eigenvalue weighted by Gasteiger charge is -2.39. The first-order chi connectivity index (χ1) is 15.4. The summed E-state index contributed by atoms with van der Waals surface area (Å²) in [6.07, 6.45) is -6.77. The third kappa shape index (κ3) is 4.56. The third-order valence-electron chi connectivity index (χ3n) is 5.37. The van der Waals surface area contributed by atoms with Gasteiger partial charge in [0.15, 0.2) is 0 Å². The van der Waals surface area contributed by atoms with Crippen LogP contribution >= 0.6 is 11.8 Å². The summed E-state index contributed by atoms with van der Waals surface area (Å²) in [5, 5.41) is 48.0. The van der Waals surface area contributed by atoms with E-state index < -0.39 is 37.3 Å². The predicted molar refractivity (Wildman–Crippen MR) is 118 cm³/mol. The summed E-state index contributed by atoms with van der Waals surface area (Å²) in [5.74, 6) is 1.78. The number of hydrogen-bond donors (Lipinski definition) is 5. The van der Waals surface area contributed by atoms with Crippen molar-refractivity contribution in [3.8, 4) is 11.5 Å². The SMILES string of the molecule is COc1ccc(SCc2[nH]nc3cc(C)cc(OC4OC(CO)C(O)C(O)C4O)c23)cc1. The first kappa shape index (κ1) is 22.8. The second kappa shape index (κ2) is 9.65. The number of nitrogens with one attached hydrogen (secondary N) is 1. The molecule has 0 bridgehead atoms. The van der Waals surface area contributed by atoms with E-state index in [0.29, 0.717) is 17.0 Å². The van der Waals surface area contributed by atoms with Crippen molar-refractivity contribution in [1.29, 1.82) is 0 Å². The summed E-state index contributed by atoms with van der Waals surface area (Å²) in [7, 11) is 1.62. The number of thioether (sulfide) groups is 1. The fourth-order valence-electron chi connectivity index (χ4n) is 3.62. The largest absolute Gasteiger partial charge is 0.497 e. The van der Waals surface area contributed by atoms with E-state index >= 15 is 0 Å². The number of ether oxygens (including phenoxy) is 3. The molecule has 172 valence electrons. The number of aromatic nitrogens is 2. The zero-order valence-electron chi connectivity index (χ0n) is 17.6. The van der Waals surface area contributed by atoms with Crippen molar-refractivity contribution in [1.82, 2.24) is 10.2 Å². The average Bonchev–Trinajstić information content (AvgIpc) is 3.21. The molecule has 1 saturated heterocycles. The molecule has 10 heteroatoms. The molecule has 4 rings (SSSR count).